The van der Waals surface area contributed by atoms with Crippen molar-refractivity contribution in [3.8, 4) is 0 Å². The first-order valence-electron chi connectivity index (χ1n) is 11.1. The number of aromatic nitrogens is 5. The largest absolute Gasteiger partial charge is 0.490 e. The topological polar surface area (TPSA) is 138 Å². The number of pyridine rings is 1. The number of carboxylic acids is 2. The molecule has 39 heavy (non-hydrogen) atoms. The number of rotatable bonds is 5. The Morgan fingerprint density at radius 2 is 1.62 bits per heavy atom. The molecule has 3 aromatic rings. The van der Waals surface area contributed by atoms with Crippen molar-refractivity contribution in [2.24, 2.45) is 7.05 Å². The predicted octanol–water partition coefficient (Wildman–Crippen LogP) is 2.95. The maximum atomic E-state index is 10.6. The summed E-state index contributed by atoms with van der Waals surface area (Å²) in [6.45, 7) is 4.70. The van der Waals surface area contributed by atoms with Crippen molar-refractivity contribution >= 4 is 17.8 Å². The van der Waals surface area contributed by atoms with Crippen molar-refractivity contribution in [2.75, 3.05) is 18.4 Å². The SMILES string of the molecule is Cn1cc(CN2CCc3ncc(CNc4ccccn4)n3CC2)cn1.O=C(O)C(F)(F)F.O=C(O)C(F)(F)F. The second-order valence-corrected chi connectivity index (χ2v) is 8.04. The summed E-state index contributed by atoms with van der Waals surface area (Å²) in [5, 5.41) is 21.9. The molecule has 0 saturated carbocycles. The zero-order valence-electron chi connectivity index (χ0n) is 20.4. The summed E-state index contributed by atoms with van der Waals surface area (Å²) >= 11 is 0. The third kappa shape index (κ3) is 10.6. The standard InChI is InChI=1S/C18H23N7.2C2HF3O2/c1-23-13-15(10-22-23)14-24-7-5-18-21-12-16(25(18)9-8-24)11-20-17-4-2-3-6-19-17;2*3-2(4,5)1(6)7/h2-4,6,10,12-13H,5,7-9,11,14H2,1H3,(H,19,20);2*(H,6,7). The quantitative estimate of drug-likeness (QED) is 0.399. The van der Waals surface area contributed by atoms with Gasteiger partial charge < -0.3 is 20.1 Å². The Morgan fingerprint density at radius 3 is 2.13 bits per heavy atom. The van der Waals surface area contributed by atoms with E-state index >= 15 is 0 Å². The van der Waals surface area contributed by atoms with E-state index < -0.39 is 24.3 Å². The molecule has 0 aliphatic carbocycles. The minimum Gasteiger partial charge on any atom is -0.475 e. The van der Waals surface area contributed by atoms with Gasteiger partial charge in [-0.05, 0) is 12.1 Å². The number of nitrogens with one attached hydrogen (secondary N) is 1. The van der Waals surface area contributed by atoms with Crippen molar-refractivity contribution < 1.29 is 46.1 Å². The number of fused-ring (bicyclic) bond motifs is 1. The number of nitrogens with zero attached hydrogens (tertiary/aromatic N) is 6. The van der Waals surface area contributed by atoms with Crippen LogP contribution in [-0.2, 0) is 42.7 Å². The number of imidazole rings is 1. The van der Waals surface area contributed by atoms with Crippen LogP contribution in [-0.4, -0.2) is 76.8 Å². The van der Waals surface area contributed by atoms with Gasteiger partial charge in [0, 0.05) is 57.6 Å². The molecule has 0 fully saturated rings. The second kappa shape index (κ2) is 13.6. The Balaban J connectivity index is 0.000000317. The Morgan fingerprint density at radius 1 is 0.974 bits per heavy atom. The Hall–Kier alpha value is -4.15. The van der Waals surface area contributed by atoms with Gasteiger partial charge >= 0.3 is 24.3 Å². The van der Waals surface area contributed by atoms with Gasteiger partial charge in [0.2, 0.25) is 0 Å². The molecule has 17 heteroatoms. The van der Waals surface area contributed by atoms with Gasteiger partial charge in [-0.1, -0.05) is 6.07 Å². The normalized spacial score (nSPS) is 13.6. The Labute approximate surface area is 217 Å². The molecule has 214 valence electrons. The van der Waals surface area contributed by atoms with Crippen LogP contribution < -0.4 is 5.32 Å². The average molecular weight is 565 g/mol. The first-order valence-corrected chi connectivity index (χ1v) is 11.1. The number of carboxylic acid groups (broad SMARTS) is 2. The highest BCUT2D eigenvalue weighted by Gasteiger charge is 2.38. The van der Waals surface area contributed by atoms with Crippen LogP contribution in [0.1, 0.15) is 17.1 Å². The van der Waals surface area contributed by atoms with Crippen LogP contribution >= 0.6 is 0 Å². The van der Waals surface area contributed by atoms with Gasteiger partial charge in [-0.25, -0.2) is 19.6 Å². The number of anilines is 1. The number of hydrogen-bond donors (Lipinski definition) is 3. The summed E-state index contributed by atoms with van der Waals surface area (Å²) in [5.74, 6) is -3.45. The smallest absolute Gasteiger partial charge is 0.475 e. The number of carbonyl (C=O) groups is 2. The second-order valence-electron chi connectivity index (χ2n) is 8.04. The van der Waals surface area contributed by atoms with Crippen LogP contribution in [0.3, 0.4) is 0 Å². The molecule has 0 saturated heterocycles. The van der Waals surface area contributed by atoms with Crippen molar-refractivity contribution in [3.63, 3.8) is 0 Å². The molecule has 0 radical (unpaired) electrons. The van der Waals surface area contributed by atoms with Crippen molar-refractivity contribution in [3.05, 3.63) is 60.1 Å². The van der Waals surface area contributed by atoms with E-state index in [0.717, 1.165) is 45.0 Å². The van der Waals surface area contributed by atoms with Gasteiger partial charge in [0.25, 0.3) is 0 Å². The summed E-state index contributed by atoms with van der Waals surface area (Å²) in [7, 11) is 1.96. The van der Waals surface area contributed by atoms with Crippen molar-refractivity contribution in [1.29, 1.82) is 0 Å². The Bertz CT molecular complexity index is 1190. The molecule has 4 heterocycles. The average Bonchev–Trinajstić information content (AvgIpc) is 3.38. The van der Waals surface area contributed by atoms with E-state index in [1.807, 2.05) is 42.3 Å². The Kier molecular flexibility index (Phi) is 10.8. The highest BCUT2D eigenvalue weighted by Crippen LogP contribution is 2.15. The molecule has 4 rings (SSSR count). The number of alkyl halides is 6. The first kappa shape index (κ1) is 31.1. The van der Waals surface area contributed by atoms with Crippen LogP contribution in [0.4, 0.5) is 32.2 Å². The number of halogens is 6. The predicted molar refractivity (Wildman–Crippen MR) is 123 cm³/mol. The number of aryl methyl sites for hydroxylation is 1. The molecule has 3 aromatic heterocycles. The van der Waals surface area contributed by atoms with Crippen molar-refractivity contribution in [2.45, 2.75) is 38.4 Å². The fourth-order valence-electron chi connectivity index (χ4n) is 3.30. The lowest BCUT2D eigenvalue weighted by atomic mass is 10.3. The molecule has 3 N–H and O–H groups in total. The lowest BCUT2D eigenvalue weighted by Gasteiger charge is -2.18. The highest BCUT2D eigenvalue weighted by atomic mass is 19.4. The lowest BCUT2D eigenvalue weighted by Crippen LogP contribution is -2.26. The van der Waals surface area contributed by atoms with Crippen LogP contribution in [0.2, 0.25) is 0 Å². The van der Waals surface area contributed by atoms with Crippen LogP contribution in [0.5, 0.6) is 0 Å². The molecular weight excluding hydrogens is 540 g/mol. The van der Waals surface area contributed by atoms with Gasteiger partial charge in [-0.2, -0.15) is 31.4 Å². The summed E-state index contributed by atoms with van der Waals surface area (Å²) in [5.41, 5.74) is 2.47. The summed E-state index contributed by atoms with van der Waals surface area (Å²) in [4.78, 5) is 29.2. The first-order chi connectivity index (χ1) is 18.2. The van der Waals surface area contributed by atoms with E-state index in [1.165, 1.54) is 17.1 Å². The van der Waals surface area contributed by atoms with E-state index in [4.69, 9.17) is 19.8 Å². The summed E-state index contributed by atoms with van der Waals surface area (Å²) in [6, 6.07) is 5.89. The molecule has 0 atom stereocenters. The third-order valence-electron chi connectivity index (χ3n) is 5.08. The summed E-state index contributed by atoms with van der Waals surface area (Å²) in [6.07, 6.45) is -1.36. The molecule has 0 bridgehead atoms. The van der Waals surface area contributed by atoms with Crippen LogP contribution in [0.25, 0.3) is 0 Å². The van der Waals surface area contributed by atoms with Crippen LogP contribution in [0, 0.1) is 0 Å². The van der Waals surface area contributed by atoms with E-state index in [1.54, 1.807) is 6.20 Å². The molecule has 11 nitrogen and oxygen atoms in total. The molecule has 0 amide bonds. The molecular formula is C22H25F6N7O4. The lowest BCUT2D eigenvalue weighted by molar-refractivity contribution is -0.193. The van der Waals surface area contributed by atoms with E-state index in [2.05, 4.69) is 36.0 Å². The zero-order chi connectivity index (χ0) is 29.2. The molecule has 1 aliphatic heterocycles. The maximum Gasteiger partial charge on any atom is 0.490 e. The van der Waals surface area contributed by atoms with Gasteiger partial charge in [0.15, 0.2) is 0 Å². The maximum absolute atomic E-state index is 10.6. The molecule has 0 unspecified atom stereocenters. The third-order valence-corrected chi connectivity index (χ3v) is 5.08. The van der Waals surface area contributed by atoms with Gasteiger partial charge in [-0.3, -0.25) is 9.58 Å². The fraction of sp³-hybridized carbons (Fsp3) is 0.409. The van der Waals surface area contributed by atoms with E-state index in [0.29, 0.717) is 0 Å². The zero-order valence-corrected chi connectivity index (χ0v) is 20.4. The number of aliphatic carboxylic acids is 2. The minimum atomic E-state index is -5.08. The highest BCUT2D eigenvalue weighted by molar-refractivity contribution is 5.73. The van der Waals surface area contributed by atoms with Crippen molar-refractivity contribution in [1.82, 2.24) is 29.2 Å². The van der Waals surface area contributed by atoms with Crippen LogP contribution in [0.15, 0.2) is 43.0 Å². The fourth-order valence-corrected chi connectivity index (χ4v) is 3.30. The molecule has 0 aromatic carbocycles. The minimum absolute atomic E-state index is 0.743. The number of hydrogen-bond acceptors (Lipinski definition) is 7. The van der Waals surface area contributed by atoms with E-state index in [-0.39, 0.29) is 0 Å². The summed E-state index contributed by atoms with van der Waals surface area (Å²) < 4.78 is 67.7. The monoisotopic (exact) mass is 565 g/mol. The van der Waals surface area contributed by atoms with Gasteiger partial charge in [0.05, 0.1) is 24.6 Å². The van der Waals surface area contributed by atoms with E-state index in [9.17, 15) is 26.3 Å². The molecule has 0 spiro atoms. The molecule has 1 aliphatic rings. The van der Waals surface area contributed by atoms with Gasteiger partial charge in [0.1, 0.15) is 11.6 Å². The van der Waals surface area contributed by atoms with Gasteiger partial charge in [-0.15, -0.1) is 0 Å².